The summed E-state index contributed by atoms with van der Waals surface area (Å²) in [5.41, 5.74) is 3.75. The van der Waals surface area contributed by atoms with E-state index in [0.29, 0.717) is 32.5 Å². The molecule has 2 fully saturated rings. The number of fused-ring (bicyclic) bond motifs is 1. The van der Waals surface area contributed by atoms with Crippen molar-refractivity contribution in [3.63, 3.8) is 0 Å². The molecule has 0 radical (unpaired) electrons. The Morgan fingerprint density at radius 3 is 2.72 bits per heavy atom. The molecule has 0 unspecified atom stereocenters. The van der Waals surface area contributed by atoms with E-state index in [1.807, 2.05) is 53.8 Å². The number of likely N-dealkylation sites (tertiary alicyclic amines) is 1. The third-order valence-electron chi connectivity index (χ3n) is 6.41. The molecule has 3 heterocycles. The SMILES string of the molecule is Cc1nn(CCC(=O)N2CC[C@@]3(c4ccccc4)NC(=O)CO[C@@H]3C2)c(C)c1C. The fourth-order valence-electron chi connectivity index (χ4n) is 4.45. The summed E-state index contributed by atoms with van der Waals surface area (Å²) in [4.78, 5) is 26.9. The van der Waals surface area contributed by atoms with Crippen molar-refractivity contribution in [1.29, 1.82) is 0 Å². The lowest BCUT2D eigenvalue weighted by Crippen LogP contribution is -2.67. The molecule has 154 valence electrons. The maximum absolute atomic E-state index is 12.9. The molecule has 7 heteroatoms. The van der Waals surface area contributed by atoms with E-state index in [-0.39, 0.29) is 24.5 Å². The van der Waals surface area contributed by atoms with E-state index in [0.717, 1.165) is 17.0 Å². The molecule has 2 aliphatic heterocycles. The predicted molar refractivity (Wildman–Crippen MR) is 108 cm³/mol. The van der Waals surface area contributed by atoms with E-state index in [9.17, 15) is 9.59 Å². The Balaban J connectivity index is 1.46. The quantitative estimate of drug-likeness (QED) is 0.856. The van der Waals surface area contributed by atoms with Gasteiger partial charge in [-0.15, -0.1) is 0 Å². The number of hydrogen-bond acceptors (Lipinski definition) is 4. The molecule has 29 heavy (non-hydrogen) atoms. The molecule has 2 aliphatic rings. The molecule has 2 atom stereocenters. The lowest BCUT2D eigenvalue weighted by molar-refractivity contribution is -0.157. The minimum atomic E-state index is -0.569. The summed E-state index contributed by atoms with van der Waals surface area (Å²) >= 11 is 0. The van der Waals surface area contributed by atoms with Gasteiger partial charge >= 0.3 is 0 Å². The Hall–Kier alpha value is -2.67. The molecular weight excluding hydrogens is 368 g/mol. The standard InChI is InChI=1S/C22H28N4O3/c1-15-16(2)24-26(17(15)3)11-9-21(28)25-12-10-22(18-7-5-4-6-8-18)19(13-25)29-14-20(27)23-22/h4-8,19H,9-14H2,1-3H3,(H,23,27)/t19-,22+/m1/s1. The molecule has 1 aromatic carbocycles. The number of benzene rings is 1. The van der Waals surface area contributed by atoms with Crippen LogP contribution in [0.15, 0.2) is 30.3 Å². The molecule has 0 bridgehead atoms. The van der Waals surface area contributed by atoms with Gasteiger partial charge in [0.15, 0.2) is 0 Å². The average Bonchev–Trinajstić information content (AvgIpc) is 2.98. The van der Waals surface area contributed by atoms with E-state index >= 15 is 0 Å². The highest BCUT2D eigenvalue weighted by Gasteiger charge is 2.49. The Bertz CT molecular complexity index is 924. The number of carbonyl (C=O) groups is 2. The van der Waals surface area contributed by atoms with Crippen LogP contribution < -0.4 is 5.32 Å². The van der Waals surface area contributed by atoms with Crippen LogP contribution in [0.2, 0.25) is 0 Å². The number of hydrogen-bond donors (Lipinski definition) is 1. The van der Waals surface area contributed by atoms with Gasteiger partial charge in [-0.05, 0) is 38.3 Å². The van der Waals surface area contributed by atoms with Crippen LogP contribution in [0, 0.1) is 20.8 Å². The molecule has 7 nitrogen and oxygen atoms in total. The number of aryl methyl sites for hydroxylation is 2. The van der Waals surface area contributed by atoms with Crippen LogP contribution in [0.3, 0.4) is 0 Å². The first-order valence-corrected chi connectivity index (χ1v) is 10.2. The summed E-state index contributed by atoms with van der Waals surface area (Å²) in [6.07, 6.45) is 0.785. The number of rotatable bonds is 4. The molecule has 1 N–H and O–H groups in total. The number of nitrogens with zero attached hydrogens (tertiary/aromatic N) is 3. The first-order valence-electron chi connectivity index (χ1n) is 10.2. The second-order valence-electron chi connectivity index (χ2n) is 8.04. The van der Waals surface area contributed by atoms with Crippen molar-refractivity contribution in [2.75, 3.05) is 19.7 Å². The number of nitrogens with one attached hydrogen (secondary N) is 1. The number of aromatic nitrogens is 2. The molecular formula is C22H28N4O3. The molecule has 2 aromatic rings. The fourth-order valence-corrected chi connectivity index (χ4v) is 4.45. The third kappa shape index (κ3) is 3.55. The van der Waals surface area contributed by atoms with E-state index in [2.05, 4.69) is 17.3 Å². The van der Waals surface area contributed by atoms with Gasteiger partial charge in [-0.1, -0.05) is 30.3 Å². The second kappa shape index (κ2) is 7.63. The first kappa shape index (κ1) is 19.6. The van der Waals surface area contributed by atoms with Gasteiger partial charge in [-0.2, -0.15) is 5.10 Å². The van der Waals surface area contributed by atoms with Crippen molar-refractivity contribution < 1.29 is 14.3 Å². The highest BCUT2D eigenvalue weighted by molar-refractivity contribution is 5.80. The predicted octanol–water partition coefficient (Wildman–Crippen LogP) is 1.84. The molecule has 0 aliphatic carbocycles. The summed E-state index contributed by atoms with van der Waals surface area (Å²) in [5, 5.41) is 7.69. The Kier molecular flexibility index (Phi) is 5.17. The summed E-state index contributed by atoms with van der Waals surface area (Å²) in [6, 6.07) is 9.93. The van der Waals surface area contributed by atoms with Crippen LogP contribution >= 0.6 is 0 Å². The lowest BCUT2D eigenvalue weighted by atomic mass is 9.77. The maximum atomic E-state index is 12.9. The van der Waals surface area contributed by atoms with Crippen LogP contribution in [0.5, 0.6) is 0 Å². The van der Waals surface area contributed by atoms with Crippen molar-refractivity contribution >= 4 is 11.8 Å². The van der Waals surface area contributed by atoms with Crippen LogP contribution in [-0.2, 0) is 26.4 Å². The summed E-state index contributed by atoms with van der Waals surface area (Å²) in [6.45, 7) is 7.75. The van der Waals surface area contributed by atoms with Crippen LogP contribution in [0.25, 0.3) is 0 Å². The number of piperidine rings is 1. The minimum Gasteiger partial charge on any atom is -0.364 e. The molecule has 4 rings (SSSR count). The molecule has 0 saturated carbocycles. The van der Waals surface area contributed by atoms with Crippen molar-refractivity contribution in [2.24, 2.45) is 0 Å². The van der Waals surface area contributed by atoms with Gasteiger partial charge in [0.05, 0.1) is 11.2 Å². The number of carbonyl (C=O) groups excluding carboxylic acids is 2. The van der Waals surface area contributed by atoms with Crippen molar-refractivity contribution in [1.82, 2.24) is 20.0 Å². The van der Waals surface area contributed by atoms with Gasteiger partial charge in [0.2, 0.25) is 11.8 Å². The number of morpholine rings is 1. The molecule has 2 saturated heterocycles. The van der Waals surface area contributed by atoms with E-state index in [1.165, 1.54) is 5.56 Å². The van der Waals surface area contributed by atoms with Gasteiger partial charge in [0, 0.05) is 31.7 Å². The largest absolute Gasteiger partial charge is 0.364 e. The Morgan fingerprint density at radius 2 is 2.03 bits per heavy atom. The van der Waals surface area contributed by atoms with E-state index in [4.69, 9.17) is 4.74 Å². The molecule has 0 spiro atoms. The topological polar surface area (TPSA) is 76.5 Å². The molecule has 1 aromatic heterocycles. The summed E-state index contributed by atoms with van der Waals surface area (Å²) in [7, 11) is 0. The van der Waals surface area contributed by atoms with Gasteiger partial charge in [0.25, 0.3) is 0 Å². The van der Waals surface area contributed by atoms with Gasteiger partial charge in [0.1, 0.15) is 12.7 Å². The smallest absolute Gasteiger partial charge is 0.246 e. The van der Waals surface area contributed by atoms with Crippen molar-refractivity contribution in [2.45, 2.75) is 51.8 Å². The van der Waals surface area contributed by atoms with E-state index < -0.39 is 5.54 Å². The fraction of sp³-hybridized carbons (Fsp3) is 0.500. The van der Waals surface area contributed by atoms with Gasteiger partial charge in [-0.3, -0.25) is 14.3 Å². The highest BCUT2D eigenvalue weighted by Crippen LogP contribution is 2.37. The van der Waals surface area contributed by atoms with Crippen molar-refractivity contribution in [3.8, 4) is 0 Å². The van der Waals surface area contributed by atoms with Crippen molar-refractivity contribution in [3.05, 3.63) is 52.8 Å². The number of ether oxygens (including phenoxy) is 1. The van der Waals surface area contributed by atoms with Crippen LogP contribution in [0.4, 0.5) is 0 Å². The number of amides is 2. The van der Waals surface area contributed by atoms with Gasteiger partial charge < -0.3 is 15.0 Å². The second-order valence-corrected chi connectivity index (χ2v) is 8.04. The highest BCUT2D eigenvalue weighted by atomic mass is 16.5. The van der Waals surface area contributed by atoms with E-state index in [1.54, 1.807) is 0 Å². The monoisotopic (exact) mass is 396 g/mol. The zero-order valence-corrected chi connectivity index (χ0v) is 17.3. The Labute approximate surface area is 171 Å². The summed E-state index contributed by atoms with van der Waals surface area (Å²) in [5.74, 6) is -0.0119. The lowest BCUT2D eigenvalue weighted by Gasteiger charge is -2.50. The van der Waals surface area contributed by atoms with Gasteiger partial charge in [-0.25, -0.2) is 0 Å². The first-order chi connectivity index (χ1) is 13.9. The van der Waals surface area contributed by atoms with Crippen LogP contribution in [-0.4, -0.2) is 52.3 Å². The average molecular weight is 396 g/mol. The maximum Gasteiger partial charge on any atom is 0.246 e. The summed E-state index contributed by atoms with van der Waals surface area (Å²) < 4.78 is 7.82. The third-order valence-corrected chi connectivity index (χ3v) is 6.41. The normalized spacial score (nSPS) is 24.2. The molecule has 2 amide bonds. The minimum absolute atomic E-state index is 0.0340. The van der Waals surface area contributed by atoms with Crippen LogP contribution in [0.1, 0.15) is 35.4 Å². The Morgan fingerprint density at radius 1 is 1.28 bits per heavy atom. The zero-order chi connectivity index (χ0) is 20.6. The zero-order valence-electron chi connectivity index (χ0n) is 17.3.